The molecule has 0 aliphatic carbocycles. The van der Waals surface area contributed by atoms with Crippen molar-refractivity contribution >= 4 is 21.6 Å². The van der Waals surface area contributed by atoms with Crippen LogP contribution in [-0.4, -0.2) is 34.0 Å². The Balaban J connectivity index is 2.08. The van der Waals surface area contributed by atoms with Crippen LogP contribution in [0.2, 0.25) is 5.02 Å². The summed E-state index contributed by atoms with van der Waals surface area (Å²) >= 11 is 6.22. The summed E-state index contributed by atoms with van der Waals surface area (Å²) in [5.41, 5.74) is 1.39. The van der Waals surface area contributed by atoms with Gasteiger partial charge in [-0.1, -0.05) is 41.9 Å². The van der Waals surface area contributed by atoms with E-state index in [1.807, 2.05) is 37.2 Å². The van der Waals surface area contributed by atoms with Crippen LogP contribution in [0.1, 0.15) is 17.2 Å². The lowest BCUT2D eigenvalue weighted by Crippen LogP contribution is -2.35. The van der Waals surface area contributed by atoms with E-state index in [2.05, 4.69) is 4.72 Å². The number of sulfonamides is 1. The fourth-order valence-electron chi connectivity index (χ4n) is 2.37. The Morgan fingerprint density at radius 3 is 2.33 bits per heavy atom. The van der Waals surface area contributed by atoms with Gasteiger partial charge in [0.15, 0.2) is 0 Å². The lowest BCUT2D eigenvalue weighted by atomic mass is 10.1. The fourth-order valence-corrected chi connectivity index (χ4v) is 3.78. The van der Waals surface area contributed by atoms with Crippen LogP contribution in [0, 0.1) is 5.82 Å². The number of rotatable bonds is 7. The van der Waals surface area contributed by atoms with Crippen LogP contribution in [0.15, 0.2) is 48.5 Å². The second-order valence-electron chi connectivity index (χ2n) is 5.73. The van der Waals surface area contributed by atoms with Crippen molar-refractivity contribution in [1.29, 1.82) is 0 Å². The molecule has 0 aromatic heterocycles. The van der Waals surface area contributed by atoms with Crippen LogP contribution in [0.25, 0.3) is 0 Å². The predicted molar refractivity (Wildman–Crippen MR) is 94.9 cm³/mol. The van der Waals surface area contributed by atoms with Crippen molar-refractivity contribution in [1.82, 2.24) is 9.62 Å². The molecular formula is C17H20ClFN2O2S. The third-order valence-corrected chi connectivity index (χ3v) is 5.32. The molecule has 7 heteroatoms. The smallest absolute Gasteiger partial charge is 0.215 e. The van der Waals surface area contributed by atoms with Crippen LogP contribution in [0.3, 0.4) is 0 Å². The Morgan fingerprint density at radius 2 is 1.75 bits per heavy atom. The zero-order valence-electron chi connectivity index (χ0n) is 13.5. The summed E-state index contributed by atoms with van der Waals surface area (Å²) in [6.45, 7) is 0.195. The number of likely N-dealkylation sites (N-methyl/N-ethyl adjacent to an activating group) is 1. The molecule has 2 rings (SSSR count). The highest BCUT2D eigenvalue weighted by Gasteiger charge is 2.20. The molecule has 1 atom stereocenters. The molecule has 24 heavy (non-hydrogen) atoms. The summed E-state index contributed by atoms with van der Waals surface area (Å²) in [5, 5.41) is 0.592. The molecule has 0 unspecified atom stereocenters. The standard InChI is InChI=1S/C17H20ClFN2O2S/c1-21(2)17(15-5-3-4-6-16(15)18)11-20-24(22,23)12-13-7-9-14(19)10-8-13/h3-10,17,20H,11-12H2,1-2H3/t17-/m1/s1. The second kappa shape index (κ2) is 8.07. The monoisotopic (exact) mass is 370 g/mol. The molecule has 0 aliphatic heterocycles. The van der Waals surface area contributed by atoms with E-state index in [0.29, 0.717) is 10.6 Å². The highest BCUT2D eigenvalue weighted by atomic mass is 35.5. The lowest BCUT2D eigenvalue weighted by Gasteiger charge is -2.26. The Bertz CT molecular complexity index is 779. The summed E-state index contributed by atoms with van der Waals surface area (Å²) in [4.78, 5) is 1.90. The van der Waals surface area contributed by atoms with Crippen LogP contribution in [0.5, 0.6) is 0 Å². The van der Waals surface area contributed by atoms with Crippen molar-refractivity contribution in [3.05, 3.63) is 70.5 Å². The van der Waals surface area contributed by atoms with E-state index in [0.717, 1.165) is 5.56 Å². The molecular weight excluding hydrogens is 351 g/mol. The van der Waals surface area contributed by atoms with Gasteiger partial charge in [-0.3, -0.25) is 0 Å². The van der Waals surface area contributed by atoms with Crippen molar-refractivity contribution in [2.45, 2.75) is 11.8 Å². The molecule has 0 amide bonds. The molecule has 0 fully saturated rings. The van der Waals surface area contributed by atoms with E-state index >= 15 is 0 Å². The molecule has 0 bridgehead atoms. The van der Waals surface area contributed by atoms with Crippen LogP contribution in [-0.2, 0) is 15.8 Å². The first-order valence-corrected chi connectivity index (χ1v) is 9.44. The zero-order chi connectivity index (χ0) is 17.7. The average Bonchev–Trinajstić information content (AvgIpc) is 2.51. The largest absolute Gasteiger partial charge is 0.301 e. The third-order valence-electron chi connectivity index (χ3n) is 3.65. The van der Waals surface area contributed by atoms with Gasteiger partial charge in [0.1, 0.15) is 5.82 Å². The summed E-state index contributed by atoms with van der Waals surface area (Å²) in [6.07, 6.45) is 0. The molecule has 0 heterocycles. The molecule has 2 aromatic rings. The number of halogens is 2. The average molecular weight is 371 g/mol. The molecule has 130 valence electrons. The first-order valence-electron chi connectivity index (χ1n) is 7.41. The van der Waals surface area contributed by atoms with E-state index in [-0.39, 0.29) is 18.3 Å². The summed E-state index contributed by atoms with van der Waals surface area (Å²) in [5.74, 6) is -0.592. The maximum Gasteiger partial charge on any atom is 0.215 e. The Kier molecular flexibility index (Phi) is 6.34. The van der Waals surface area contributed by atoms with E-state index in [4.69, 9.17) is 11.6 Å². The van der Waals surface area contributed by atoms with Crippen molar-refractivity contribution in [3.8, 4) is 0 Å². The van der Waals surface area contributed by atoms with Gasteiger partial charge in [0.25, 0.3) is 0 Å². The van der Waals surface area contributed by atoms with Gasteiger partial charge in [0.05, 0.1) is 5.75 Å². The van der Waals surface area contributed by atoms with Gasteiger partial charge in [-0.15, -0.1) is 0 Å². The molecule has 0 saturated heterocycles. The SMILES string of the molecule is CN(C)[C@H](CNS(=O)(=O)Cc1ccc(F)cc1)c1ccccc1Cl. The minimum Gasteiger partial charge on any atom is -0.301 e. The number of hydrogen-bond donors (Lipinski definition) is 1. The highest BCUT2D eigenvalue weighted by molar-refractivity contribution is 7.88. The van der Waals surface area contributed by atoms with Gasteiger partial charge < -0.3 is 4.90 Å². The molecule has 0 spiro atoms. The number of benzene rings is 2. The van der Waals surface area contributed by atoms with Crippen LogP contribution in [0.4, 0.5) is 4.39 Å². The van der Waals surface area contributed by atoms with Crippen LogP contribution < -0.4 is 4.72 Å². The molecule has 1 N–H and O–H groups in total. The Labute approximate surface area is 147 Å². The predicted octanol–water partition coefficient (Wildman–Crippen LogP) is 3.20. The number of nitrogens with one attached hydrogen (secondary N) is 1. The Morgan fingerprint density at radius 1 is 1.12 bits per heavy atom. The first kappa shape index (κ1) is 18.9. The van der Waals surface area contributed by atoms with Crippen molar-refractivity contribution < 1.29 is 12.8 Å². The summed E-state index contributed by atoms with van der Waals surface area (Å²) in [6, 6.07) is 12.6. The van der Waals surface area contributed by atoms with E-state index in [1.165, 1.54) is 24.3 Å². The zero-order valence-corrected chi connectivity index (χ0v) is 15.1. The molecule has 4 nitrogen and oxygen atoms in total. The maximum absolute atomic E-state index is 12.9. The minimum atomic E-state index is -3.54. The van der Waals surface area contributed by atoms with Crippen LogP contribution >= 0.6 is 11.6 Å². The van der Waals surface area contributed by atoms with Gasteiger partial charge in [-0.25, -0.2) is 17.5 Å². The van der Waals surface area contributed by atoms with E-state index < -0.39 is 15.8 Å². The first-order chi connectivity index (χ1) is 11.3. The van der Waals surface area contributed by atoms with Gasteiger partial charge >= 0.3 is 0 Å². The van der Waals surface area contributed by atoms with Gasteiger partial charge in [0.2, 0.25) is 10.0 Å². The lowest BCUT2D eigenvalue weighted by molar-refractivity contribution is 0.299. The normalized spacial score (nSPS) is 13.2. The number of nitrogens with zero attached hydrogens (tertiary/aromatic N) is 1. The maximum atomic E-state index is 12.9. The second-order valence-corrected chi connectivity index (χ2v) is 7.95. The van der Waals surface area contributed by atoms with Gasteiger partial charge in [-0.05, 0) is 43.4 Å². The molecule has 0 radical (unpaired) electrons. The molecule has 0 saturated carbocycles. The molecule has 0 aliphatic rings. The number of hydrogen-bond acceptors (Lipinski definition) is 3. The van der Waals surface area contributed by atoms with Crippen molar-refractivity contribution in [2.75, 3.05) is 20.6 Å². The Hall–Kier alpha value is -1.47. The summed E-state index contributed by atoms with van der Waals surface area (Å²) in [7, 11) is 0.188. The topological polar surface area (TPSA) is 49.4 Å². The van der Waals surface area contributed by atoms with E-state index in [9.17, 15) is 12.8 Å². The van der Waals surface area contributed by atoms with Gasteiger partial charge in [0, 0.05) is 17.6 Å². The summed E-state index contributed by atoms with van der Waals surface area (Å²) < 4.78 is 40.1. The molecule has 2 aromatic carbocycles. The van der Waals surface area contributed by atoms with Crippen molar-refractivity contribution in [2.24, 2.45) is 0 Å². The van der Waals surface area contributed by atoms with Crippen molar-refractivity contribution in [3.63, 3.8) is 0 Å². The minimum absolute atomic E-state index is 0.193. The van der Waals surface area contributed by atoms with E-state index in [1.54, 1.807) is 6.07 Å². The third kappa shape index (κ3) is 5.27. The fraction of sp³-hybridized carbons (Fsp3) is 0.294. The van der Waals surface area contributed by atoms with Gasteiger partial charge in [-0.2, -0.15) is 0 Å². The highest BCUT2D eigenvalue weighted by Crippen LogP contribution is 2.25. The quantitative estimate of drug-likeness (QED) is 0.814.